The Kier molecular flexibility index (Phi) is 3.91. The summed E-state index contributed by atoms with van der Waals surface area (Å²) >= 11 is 0. The summed E-state index contributed by atoms with van der Waals surface area (Å²) in [5, 5.41) is 0. The zero-order chi connectivity index (χ0) is 13.8. The van der Waals surface area contributed by atoms with E-state index in [1.165, 1.54) is 16.8 Å². The van der Waals surface area contributed by atoms with E-state index in [9.17, 15) is 0 Å². The van der Waals surface area contributed by atoms with Crippen LogP contribution in [0.4, 0.5) is 5.69 Å². The van der Waals surface area contributed by atoms with Crippen molar-refractivity contribution in [1.29, 1.82) is 0 Å². The van der Waals surface area contributed by atoms with Gasteiger partial charge in [-0.3, -0.25) is 9.98 Å². The van der Waals surface area contributed by atoms with Crippen LogP contribution in [0.3, 0.4) is 0 Å². The third-order valence-electron chi connectivity index (χ3n) is 3.80. The lowest BCUT2D eigenvalue weighted by atomic mass is 9.96. The molecular weight excluding hydrogens is 244 g/mol. The molecule has 20 heavy (non-hydrogen) atoms. The van der Waals surface area contributed by atoms with Crippen LogP contribution in [0, 0.1) is 0 Å². The molecule has 0 spiro atoms. The van der Waals surface area contributed by atoms with Gasteiger partial charge in [0, 0.05) is 23.5 Å². The Morgan fingerprint density at radius 2 is 2.05 bits per heavy atom. The van der Waals surface area contributed by atoms with Crippen molar-refractivity contribution in [3.8, 4) is 0 Å². The number of rotatable bonds is 1. The van der Waals surface area contributed by atoms with Gasteiger partial charge in [0.05, 0.1) is 5.69 Å². The highest BCUT2D eigenvalue weighted by atomic mass is 14.8. The molecule has 0 saturated heterocycles. The first-order valence-corrected chi connectivity index (χ1v) is 7.37. The summed E-state index contributed by atoms with van der Waals surface area (Å²) in [6.07, 6.45) is 12.9. The molecule has 0 N–H and O–H groups in total. The summed E-state index contributed by atoms with van der Waals surface area (Å²) in [6, 6.07) is 6.43. The highest BCUT2D eigenvalue weighted by Crippen LogP contribution is 2.27. The third kappa shape index (κ3) is 2.79. The van der Waals surface area contributed by atoms with Gasteiger partial charge in [-0.2, -0.15) is 0 Å². The first-order valence-electron chi connectivity index (χ1n) is 7.37. The van der Waals surface area contributed by atoms with Crippen LogP contribution in [-0.4, -0.2) is 18.0 Å². The number of allylic oxidation sites excluding steroid dienone is 4. The molecule has 1 aliphatic carbocycles. The molecule has 1 aromatic rings. The number of aliphatic imine (C=N–C) groups is 2. The molecule has 0 unspecified atom stereocenters. The van der Waals surface area contributed by atoms with Crippen molar-refractivity contribution in [3.05, 3.63) is 53.6 Å². The van der Waals surface area contributed by atoms with Gasteiger partial charge in [0.15, 0.2) is 0 Å². The first-order chi connectivity index (χ1) is 9.84. The van der Waals surface area contributed by atoms with Crippen LogP contribution in [0.2, 0.25) is 0 Å². The maximum absolute atomic E-state index is 4.90. The van der Waals surface area contributed by atoms with Crippen LogP contribution in [-0.2, 0) is 6.42 Å². The summed E-state index contributed by atoms with van der Waals surface area (Å²) in [5.41, 5.74) is 6.00. The second-order valence-electron chi connectivity index (χ2n) is 5.28. The van der Waals surface area contributed by atoms with Crippen molar-refractivity contribution in [2.24, 2.45) is 9.98 Å². The second-order valence-corrected chi connectivity index (χ2v) is 5.28. The average Bonchev–Trinajstić information content (AvgIpc) is 2.42. The standard InChI is InChI=1S/C18H20N2/c1-14-18-15(12-13-19-14)8-7-11-17(18)20-16-9-5-3-2-4-6-10-16/h2-3,6-8,10-11H,4-5,9,12-13H2,1H3/b3-2-,10-6?,20-16?. The second kappa shape index (κ2) is 6.00. The minimum Gasteiger partial charge on any atom is -0.289 e. The van der Waals surface area contributed by atoms with Crippen molar-refractivity contribution in [2.45, 2.75) is 32.6 Å². The minimum absolute atomic E-state index is 0.906. The summed E-state index contributed by atoms with van der Waals surface area (Å²) in [7, 11) is 0. The quantitative estimate of drug-likeness (QED) is 0.671. The lowest BCUT2D eigenvalue weighted by Gasteiger charge is -2.16. The van der Waals surface area contributed by atoms with E-state index in [0.29, 0.717) is 0 Å². The van der Waals surface area contributed by atoms with Gasteiger partial charge in [0.25, 0.3) is 0 Å². The lowest BCUT2D eigenvalue weighted by Crippen LogP contribution is -2.10. The topological polar surface area (TPSA) is 24.7 Å². The van der Waals surface area contributed by atoms with Gasteiger partial charge in [0.2, 0.25) is 0 Å². The number of hydrogen-bond acceptors (Lipinski definition) is 2. The lowest BCUT2D eigenvalue weighted by molar-refractivity contribution is 0.941. The van der Waals surface area contributed by atoms with Crippen LogP contribution >= 0.6 is 0 Å². The number of nitrogens with zero attached hydrogens (tertiary/aromatic N) is 2. The molecule has 3 rings (SSSR count). The maximum Gasteiger partial charge on any atom is 0.0726 e. The van der Waals surface area contributed by atoms with Crippen molar-refractivity contribution < 1.29 is 0 Å². The molecule has 0 atom stereocenters. The zero-order valence-corrected chi connectivity index (χ0v) is 12.0. The van der Waals surface area contributed by atoms with E-state index in [0.717, 1.165) is 43.6 Å². The van der Waals surface area contributed by atoms with E-state index < -0.39 is 0 Å². The largest absolute Gasteiger partial charge is 0.289 e. The van der Waals surface area contributed by atoms with Gasteiger partial charge in [-0.25, -0.2) is 0 Å². The molecule has 0 saturated carbocycles. The molecule has 1 aromatic carbocycles. The number of hydrogen-bond donors (Lipinski definition) is 0. The molecule has 1 heterocycles. The fraction of sp³-hybridized carbons (Fsp3) is 0.333. The fourth-order valence-electron chi connectivity index (χ4n) is 2.79. The van der Waals surface area contributed by atoms with E-state index in [1.54, 1.807) is 0 Å². The van der Waals surface area contributed by atoms with Crippen molar-refractivity contribution >= 4 is 17.1 Å². The van der Waals surface area contributed by atoms with E-state index in [2.05, 4.69) is 54.4 Å². The fourth-order valence-corrected chi connectivity index (χ4v) is 2.79. The SMILES string of the molecule is CC1=NCCc2cccc(N=C3C=CC/C=C\CC3)c21. The molecule has 102 valence electrons. The normalized spacial score (nSPS) is 21.9. The predicted molar refractivity (Wildman–Crippen MR) is 86.5 cm³/mol. The van der Waals surface area contributed by atoms with Crippen molar-refractivity contribution in [3.63, 3.8) is 0 Å². The molecule has 0 fully saturated rings. The van der Waals surface area contributed by atoms with E-state index in [4.69, 9.17) is 4.99 Å². The van der Waals surface area contributed by atoms with Crippen LogP contribution in [0.15, 0.2) is 52.5 Å². The number of fused-ring (bicyclic) bond motifs is 1. The minimum atomic E-state index is 0.906. The van der Waals surface area contributed by atoms with Gasteiger partial charge in [0.1, 0.15) is 0 Å². The summed E-state index contributed by atoms with van der Waals surface area (Å²) < 4.78 is 0. The van der Waals surface area contributed by atoms with E-state index >= 15 is 0 Å². The molecule has 2 aliphatic rings. The molecule has 0 bridgehead atoms. The van der Waals surface area contributed by atoms with Crippen LogP contribution < -0.4 is 0 Å². The predicted octanol–water partition coefficient (Wildman–Crippen LogP) is 4.42. The average molecular weight is 264 g/mol. The van der Waals surface area contributed by atoms with Gasteiger partial charge < -0.3 is 0 Å². The van der Waals surface area contributed by atoms with Gasteiger partial charge >= 0.3 is 0 Å². The smallest absolute Gasteiger partial charge is 0.0726 e. The highest BCUT2D eigenvalue weighted by molar-refractivity contribution is 6.06. The Bertz CT molecular complexity index is 618. The first kappa shape index (κ1) is 13.0. The zero-order valence-electron chi connectivity index (χ0n) is 12.0. The Balaban J connectivity index is 1.99. The monoisotopic (exact) mass is 264 g/mol. The third-order valence-corrected chi connectivity index (χ3v) is 3.80. The Morgan fingerprint density at radius 1 is 1.10 bits per heavy atom. The van der Waals surface area contributed by atoms with Crippen molar-refractivity contribution in [1.82, 2.24) is 0 Å². The Hall–Kier alpha value is -1.96. The summed E-state index contributed by atoms with van der Waals surface area (Å²) in [6.45, 7) is 3.00. The van der Waals surface area contributed by atoms with E-state index in [1.807, 2.05) is 0 Å². The molecule has 0 aromatic heterocycles. The molecular formula is C18H20N2. The maximum atomic E-state index is 4.90. The molecule has 0 radical (unpaired) electrons. The van der Waals surface area contributed by atoms with Crippen LogP contribution in [0.25, 0.3) is 0 Å². The molecule has 0 amide bonds. The van der Waals surface area contributed by atoms with Crippen molar-refractivity contribution in [2.75, 3.05) is 6.54 Å². The van der Waals surface area contributed by atoms with Crippen LogP contribution in [0.1, 0.15) is 37.3 Å². The molecule has 1 aliphatic heterocycles. The van der Waals surface area contributed by atoms with Gasteiger partial charge in [-0.1, -0.05) is 30.4 Å². The molecule has 2 heteroatoms. The summed E-state index contributed by atoms with van der Waals surface area (Å²) in [5.74, 6) is 0. The van der Waals surface area contributed by atoms with Crippen LogP contribution in [0.5, 0.6) is 0 Å². The van der Waals surface area contributed by atoms with Gasteiger partial charge in [-0.05, 0) is 50.3 Å². The molecule has 2 nitrogen and oxygen atoms in total. The highest BCUT2D eigenvalue weighted by Gasteiger charge is 2.14. The Labute approximate surface area is 120 Å². The Morgan fingerprint density at radius 3 is 3.00 bits per heavy atom. The van der Waals surface area contributed by atoms with Gasteiger partial charge in [-0.15, -0.1) is 0 Å². The van der Waals surface area contributed by atoms with E-state index in [-0.39, 0.29) is 0 Å². The summed E-state index contributed by atoms with van der Waals surface area (Å²) in [4.78, 5) is 9.48. The number of benzene rings is 1.